The summed E-state index contributed by atoms with van der Waals surface area (Å²) < 4.78 is 7.48. The molecule has 0 unspecified atom stereocenters. The Hall–Kier alpha value is -2.30. The Balaban J connectivity index is 2.48. The van der Waals surface area contributed by atoms with Gasteiger partial charge in [-0.05, 0) is 26.0 Å². The highest BCUT2D eigenvalue weighted by Gasteiger charge is 2.13. The third kappa shape index (κ3) is 2.99. The number of carboxylic acids is 1. The fourth-order valence-corrected chi connectivity index (χ4v) is 2.11. The predicted molar refractivity (Wildman–Crippen MR) is 77.0 cm³/mol. The van der Waals surface area contributed by atoms with Crippen LogP contribution in [-0.2, 0) is 17.8 Å². The molecule has 0 spiro atoms. The summed E-state index contributed by atoms with van der Waals surface area (Å²) in [6.45, 7) is 8.14. The molecule has 2 aromatic rings. The van der Waals surface area contributed by atoms with Crippen LogP contribution in [0.25, 0.3) is 11.0 Å². The van der Waals surface area contributed by atoms with Gasteiger partial charge >= 0.3 is 5.97 Å². The van der Waals surface area contributed by atoms with Gasteiger partial charge in [0.2, 0.25) is 0 Å². The Bertz CT molecular complexity index is 644. The number of aromatic nitrogens is 2. The molecule has 1 aromatic heterocycles. The first kappa shape index (κ1) is 14.1. The minimum absolute atomic E-state index is 0.0844. The molecule has 20 heavy (non-hydrogen) atoms. The number of carboxylic acid groups (broad SMARTS) is 1. The molecule has 5 heteroatoms. The second-order valence-electron chi connectivity index (χ2n) is 4.81. The molecule has 5 nitrogen and oxygen atoms in total. The molecule has 2 rings (SSSR count). The molecular weight excluding hydrogens is 256 g/mol. The van der Waals surface area contributed by atoms with Gasteiger partial charge in [0.05, 0.1) is 17.1 Å². The lowest BCUT2D eigenvalue weighted by Crippen LogP contribution is -2.08. The lowest BCUT2D eigenvalue weighted by molar-refractivity contribution is -0.136. The zero-order valence-electron chi connectivity index (χ0n) is 11.7. The summed E-state index contributed by atoms with van der Waals surface area (Å²) in [4.78, 5) is 15.3. The number of hydrogen-bond acceptors (Lipinski definition) is 3. The molecular formula is C15H18N2O3. The summed E-state index contributed by atoms with van der Waals surface area (Å²) in [7, 11) is 0. The summed E-state index contributed by atoms with van der Waals surface area (Å²) in [5.41, 5.74) is 1.62. The van der Waals surface area contributed by atoms with E-state index in [2.05, 4.69) is 11.6 Å². The molecule has 0 aliphatic carbocycles. The van der Waals surface area contributed by atoms with Crippen LogP contribution in [0.1, 0.15) is 19.7 Å². The van der Waals surface area contributed by atoms with Crippen LogP contribution in [0.5, 0.6) is 5.75 Å². The van der Waals surface area contributed by atoms with E-state index in [-0.39, 0.29) is 12.5 Å². The van der Waals surface area contributed by atoms with Crippen molar-refractivity contribution in [1.82, 2.24) is 9.55 Å². The van der Waals surface area contributed by atoms with E-state index in [1.807, 2.05) is 36.6 Å². The molecule has 0 bridgehead atoms. The van der Waals surface area contributed by atoms with E-state index >= 15 is 0 Å². The van der Waals surface area contributed by atoms with Crippen LogP contribution in [0.3, 0.4) is 0 Å². The lowest BCUT2D eigenvalue weighted by atomic mass is 10.3. The quantitative estimate of drug-likeness (QED) is 0.822. The molecule has 0 amide bonds. The maximum atomic E-state index is 10.9. The van der Waals surface area contributed by atoms with Crippen LogP contribution < -0.4 is 4.74 Å². The van der Waals surface area contributed by atoms with E-state index in [4.69, 9.17) is 9.84 Å². The third-order valence-corrected chi connectivity index (χ3v) is 2.79. The number of rotatable bonds is 6. The molecule has 0 fully saturated rings. The first-order chi connectivity index (χ1) is 9.51. The highest BCUT2D eigenvalue weighted by Crippen LogP contribution is 2.23. The summed E-state index contributed by atoms with van der Waals surface area (Å²) in [5.74, 6) is 0.357. The van der Waals surface area contributed by atoms with Gasteiger partial charge in [-0.15, -0.1) is 6.58 Å². The van der Waals surface area contributed by atoms with Gasteiger partial charge in [0.1, 0.15) is 18.0 Å². The molecule has 1 aromatic carbocycles. The highest BCUT2D eigenvalue weighted by molar-refractivity contribution is 5.79. The van der Waals surface area contributed by atoms with E-state index in [0.717, 1.165) is 16.8 Å². The molecule has 106 valence electrons. The van der Waals surface area contributed by atoms with Crippen LogP contribution in [0.15, 0.2) is 30.9 Å². The summed E-state index contributed by atoms with van der Waals surface area (Å²) in [6.07, 6.45) is 1.70. The average Bonchev–Trinajstić information content (AvgIpc) is 2.65. The second kappa shape index (κ2) is 5.77. The summed E-state index contributed by atoms with van der Waals surface area (Å²) >= 11 is 0. The first-order valence-electron chi connectivity index (χ1n) is 6.49. The number of nitrogens with zero attached hydrogens (tertiary/aromatic N) is 2. The van der Waals surface area contributed by atoms with Crippen LogP contribution in [0, 0.1) is 0 Å². The number of fused-ring (bicyclic) bond motifs is 1. The van der Waals surface area contributed by atoms with Gasteiger partial charge in [0.15, 0.2) is 0 Å². The van der Waals surface area contributed by atoms with Crippen molar-refractivity contribution in [2.45, 2.75) is 32.9 Å². The fourth-order valence-electron chi connectivity index (χ4n) is 2.11. The molecule has 0 aliphatic heterocycles. The number of carbonyl (C=O) groups is 1. The SMILES string of the molecule is C=CCn1c(CC(=O)O)nc2cc(OC(C)C)ccc21. The number of ether oxygens (including phenoxy) is 1. The maximum Gasteiger partial charge on any atom is 0.311 e. The van der Waals surface area contributed by atoms with Gasteiger partial charge in [-0.3, -0.25) is 4.79 Å². The van der Waals surface area contributed by atoms with Crippen molar-refractivity contribution in [1.29, 1.82) is 0 Å². The zero-order valence-corrected chi connectivity index (χ0v) is 11.7. The van der Waals surface area contributed by atoms with Crippen molar-refractivity contribution in [2.24, 2.45) is 0 Å². The molecule has 0 radical (unpaired) electrons. The monoisotopic (exact) mass is 274 g/mol. The van der Waals surface area contributed by atoms with E-state index in [9.17, 15) is 4.79 Å². The minimum atomic E-state index is -0.899. The Morgan fingerprint density at radius 1 is 1.55 bits per heavy atom. The highest BCUT2D eigenvalue weighted by atomic mass is 16.5. The van der Waals surface area contributed by atoms with E-state index in [1.54, 1.807) is 6.08 Å². The van der Waals surface area contributed by atoms with Crippen LogP contribution in [-0.4, -0.2) is 26.7 Å². The number of imidazole rings is 1. The van der Waals surface area contributed by atoms with Gasteiger partial charge in [0.25, 0.3) is 0 Å². The number of hydrogen-bond donors (Lipinski definition) is 1. The minimum Gasteiger partial charge on any atom is -0.491 e. The van der Waals surface area contributed by atoms with Gasteiger partial charge in [-0.2, -0.15) is 0 Å². The van der Waals surface area contributed by atoms with E-state index in [1.165, 1.54) is 0 Å². The molecule has 1 heterocycles. The smallest absolute Gasteiger partial charge is 0.311 e. The van der Waals surface area contributed by atoms with E-state index < -0.39 is 5.97 Å². The molecule has 0 saturated carbocycles. The van der Waals surface area contributed by atoms with Crippen molar-refractivity contribution in [3.63, 3.8) is 0 Å². The Kier molecular flexibility index (Phi) is 4.08. The number of aliphatic carboxylic acids is 1. The molecule has 0 saturated heterocycles. The Morgan fingerprint density at radius 2 is 2.30 bits per heavy atom. The van der Waals surface area contributed by atoms with Crippen molar-refractivity contribution < 1.29 is 14.6 Å². The van der Waals surface area contributed by atoms with Crippen LogP contribution in [0.2, 0.25) is 0 Å². The van der Waals surface area contributed by atoms with Gasteiger partial charge < -0.3 is 14.4 Å². The molecule has 0 atom stereocenters. The normalized spacial score (nSPS) is 10.9. The van der Waals surface area contributed by atoms with E-state index in [0.29, 0.717) is 12.4 Å². The second-order valence-corrected chi connectivity index (χ2v) is 4.81. The van der Waals surface area contributed by atoms with Crippen molar-refractivity contribution in [3.05, 3.63) is 36.7 Å². The molecule has 0 aliphatic rings. The van der Waals surface area contributed by atoms with Gasteiger partial charge in [-0.25, -0.2) is 4.98 Å². The predicted octanol–water partition coefficient (Wildman–Crippen LogP) is 2.64. The van der Waals surface area contributed by atoms with Gasteiger partial charge in [0, 0.05) is 12.6 Å². The zero-order chi connectivity index (χ0) is 14.7. The number of allylic oxidation sites excluding steroid dienone is 1. The first-order valence-corrected chi connectivity index (χ1v) is 6.49. The largest absolute Gasteiger partial charge is 0.491 e. The number of benzene rings is 1. The maximum absolute atomic E-state index is 10.9. The van der Waals surface area contributed by atoms with Crippen molar-refractivity contribution in [2.75, 3.05) is 0 Å². The van der Waals surface area contributed by atoms with Crippen LogP contribution in [0.4, 0.5) is 0 Å². The molecule has 1 N–H and O–H groups in total. The van der Waals surface area contributed by atoms with Crippen molar-refractivity contribution in [3.8, 4) is 5.75 Å². The van der Waals surface area contributed by atoms with Crippen molar-refractivity contribution >= 4 is 17.0 Å². The van der Waals surface area contributed by atoms with Gasteiger partial charge in [-0.1, -0.05) is 6.08 Å². The third-order valence-electron chi connectivity index (χ3n) is 2.79. The summed E-state index contributed by atoms with van der Waals surface area (Å²) in [5, 5.41) is 8.95. The average molecular weight is 274 g/mol. The fraction of sp³-hybridized carbons (Fsp3) is 0.333. The Labute approximate surface area is 117 Å². The topological polar surface area (TPSA) is 64.4 Å². The Morgan fingerprint density at radius 3 is 2.90 bits per heavy atom. The summed E-state index contributed by atoms with van der Waals surface area (Å²) in [6, 6.07) is 5.60. The lowest BCUT2D eigenvalue weighted by Gasteiger charge is -2.09. The van der Waals surface area contributed by atoms with Crippen LogP contribution >= 0.6 is 0 Å². The standard InChI is InChI=1S/C15H18N2O3/c1-4-7-17-13-6-5-11(20-10(2)3)8-12(13)16-14(17)9-15(18)19/h4-6,8,10H,1,7,9H2,2-3H3,(H,18,19).